The molecule has 0 fully saturated rings. The Bertz CT molecular complexity index is 389. The van der Waals surface area contributed by atoms with E-state index in [-0.39, 0.29) is 11.2 Å². The molecule has 0 aromatic carbocycles. The van der Waals surface area contributed by atoms with Crippen molar-refractivity contribution in [3.63, 3.8) is 0 Å². The van der Waals surface area contributed by atoms with Crippen LogP contribution in [0.5, 0.6) is 0 Å². The molecule has 0 unspecified atom stereocenters. The first kappa shape index (κ1) is 12.4. The van der Waals surface area contributed by atoms with Crippen molar-refractivity contribution in [3.8, 4) is 0 Å². The Balaban J connectivity index is 2.74. The van der Waals surface area contributed by atoms with Gasteiger partial charge in [-0.25, -0.2) is 4.98 Å². The molecule has 0 amide bonds. The molecule has 1 heterocycles. The number of nitrogens with zero attached hydrogens (tertiary/aromatic N) is 1. The molecule has 0 bridgehead atoms. The number of anilines is 1. The fraction of sp³-hybridized carbons (Fsp3) is 0.556. The summed E-state index contributed by atoms with van der Waals surface area (Å²) >= 11 is 1.96. The molecule has 0 saturated carbocycles. The number of H-pyrrole nitrogens is 1. The number of hydrogen-bond donors (Lipinski definition) is 2. The maximum Gasteiger partial charge on any atom is 0.266 e. The number of aromatic amines is 1. The topological polar surface area (TPSA) is 67.0 Å². The van der Waals surface area contributed by atoms with E-state index in [0.29, 0.717) is 15.9 Å². The Labute approximate surface area is 102 Å². The number of aromatic nitrogens is 2. The molecule has 0 saturated heterocycles. The van der Waals surface area contributed by atoms with E-state index in [9.17, 15) is 4.79 Å². The van der Waals surface area contributed by atoms with Gasteiger partial charge in [0.25, 0.3) is 5.56 Å². The zero-order valence-electron chi connectivity index (χ0n) is 8.93. The third-order valence-corrected chi connectivity index (χ3v) is 3.03. The number of ether oxygens (including phenoxy) is 1. The first-order chi connectivity index (χ1) is 6.96. The zero-order chi connectivity index (χ0) is 11.5. The molecule has 0 atom stereocenters. The second-order valence-electron chi connectivity index (χ2n) is 3.71. The van der Waals surface area contributed by atoms with Gasteiger partial charge in [-0.1, -0.05) is 0 Å². The standard InChI is InChI=1S/C9H14IN3O2/c1-9(2,15-3)4-11-7-6(10)8(14)13-5-12-7/h5H,4H2,1-3H3,(H2,11,12,13,14). The fourth-order valence-corrected chi connectivity index (χ4v) is 1.36. The molecular weight excluding hydrogens is 309 g/mol. The molecule has 2 N–H and O–H groups in total. The number of nitrogens with one attached hydrogen (secondary N) is 2. The lowest BCUT2D eigenvalue weighted by molar-refractivity contribution is 0.0343. The second-order valence-corrected chi connectivity index (χ2v) is 4.79. The summed E-state index contributed by atoms with van der Waals surface area (Å²) in [5.41, 5.74) is -0.420. The third-order valence-electron chi connectivity index (χ3n) is 2.03. The molecule has 0 spiro atoms. The molecule has 0 aliphatic rings. The summed E-state index contributed by atoms with van der Waals surface area (Å²) in [5, 5.41) is 3.08. The van der Waals surface area contributed by atoms with Crippen LogP contribution < -0.4 is 10.9 Å². The van der Waals surface area contributed by atoms with Gasteiger partial charge in [0.05, 0.1) is 11.9 Å². The largest absolute Gasteiger partial charge is 0.377 e. The summed E-state index contributed by atoms with van der Waals surface area (Å²) in [6.45, 7) is 4.51. The zero-order valence-corrected chi connectivity index (χ0v) is 11.1. The van der Waals surface area contributed by atoms with E-state index in [0.717, 1.165) is 0 Å². The minimum absolute atomic E-state index is 0.136. The normalized spacial score (nSPS) is 11.5. The van der Waals surface area contributed by atoms with Crippen LogP contribution >= 0.6 is 22.6 Å². The number of methoxy groups -OCH3 is 1. The maximum atomic E-state index is 11.3. The summed E-state index contributed by atoms with van der Waals surface area (Å²) in [5.74, 6) is 0.587. The van der Waals surface area contributed by atoms with Crippen molar-refractivity contribution in [2.45, 2.75) is 19.4 Å². The lowest BCUT2D eigenvalue weighted by Gasteiger charge is -2.23. The van der Waals surface area contributed by atoms with Gasteiger partial charge in [0.1, 0.15) is 9.39 Å². The number of hydrogen-bond acceptors (Lipinski definition) is 4. The highest BCUT2D eigenvalue weighted by molar-refractivity contribution is 14.1. The summed E-state index contributed by atoms with van der Waals surface area (Å²) in [7, 11) is 1.65. The van der Waals surface area contributed by atoms with Gasteiger partial charge in [0, 0.05) is 13.7 Å². The van der Waals surface area contributed by atoms with Gasteiger partial charge in [-0.2, -0.15) is 0 Å². The van der Waals surface area contributed by atoms with Crippen LogP contribution in [0.15, 0.2) is 11.1 Å². The highest BCUT2D eigenvalue weighted by atomic mass is 127. The van der Waals surface area contributed by atoms with Crippen molar-refractivity contribution in [3.05, 3.63) is 20.3 Å². The lowest BCUT2D eigenvalue weighted by Crippen LogP contribution is -2.33. The molecule has 0 aliphatic heterocycles. The van der Waals surface area contributed by atoms with Crippen LogP contribution in [0.1, 0.15) is 13.8 Å². The second kappa shape index (κ2) is 4.93. The van der Waals surface area contributed by atoms with E-state index in [1.54, 1.807) is 7.11 Å². The molecule has 6 heteroatoms. The Morgan fingerprint density at radius 3 is 2.93 bits per heavy atom. The molecule has 0 radical (unpaired) electrons. The van der Waals surface area contributed by atoms with Crippen LogP contribution in [0, 0.1) is 3.57 Å². The van der Waals surface area contributed by atoms with E-state index in [1.165, 1.54) is 6.33 Å². The fourth-order valence-electron chi connectivity index (χ4n) is 0.875. The van der Waals surface area contributed by atoms with Crippen LogP contribution in [0.25, 0.3) is 0 Å². The van der Waals surface area contributed by atoms with E-state index in [2.05, 4.69) is 15.3 Å². The summed E-state index contributed by atoms with van der Waals surface area (Å²) in [6.07, 6.45) is 1.38. The average molecular weight is 323 g/mol. The highest BCUT2D eigenvalue weighted by Gasteiger charge is 2.17. The maximum absolute atomic E-state index is 11.3. The van der Waals surface area contributed by atoms with Crippen molar-refractivity contribution < 1.29 is 4.74 Å². The van der Waals surface area contributed by atoms with Gasteiger partial charge in [-0.05, 0) is 36.4 Å². The molecular formula is C9H14IN3O2. The minimum atomic E-state index is -0.284. The van der Waals surface area contributed by atoms with Gasteiger partial charge in [0.15, 0.2) is 0 Å². The number of halogens is 1. The molecule has 15 heavy (non-hydrogen) atoms. The SMILES string of the molecule is COC(C)(C)CNc1nc[nH]c(=O)c1I. The molecule has 1 aromatic rings. The van der Waals surface area contributed by atoms with Gasteiger partial charge in [0.2, 0.25) is 0 Å². The molecule has 1 aromatic heterocycles. The van der Waals surface area contributed by atoms with Crippen LogP contribution in [-0.2, 0) is 4.74 Å². The summed E-state index contributed by atoms with van der Waals surface area (Å²) < 4.78 is 5.81. The Hall–Kier alpha value is -0.630. The van der Waals surface area contributed by atoms with Crippen molar-refractivity contribution in [2.75, 3.05) is 19.0 Å². The number of rotatable bonds is 4. The predicted molar refractivity (Wildman–Crippen MR) is 67.2 cm³/mol. The molecule has 84 valence electrons. The van der Waals surface area contributed by atoms with Crippen molar-refractivity contribution >= 4 is 28.4 Å². The van der Waals surface area contributed by atoms with Crippen LogP contribution in [0.2, 0.25) is 0 Å². The third kappa shape index (κ3) is 3.45. The van der Waals surface area contributed by atoms with Gasteiger partial charge in [-0.3, -0.25) is 4.79 Å². The minimum Gasteiger partial charge on any atom is -0.377 e. The van der Waals surface area contributed by atoms with Gasteiger partial charge < -0.3 is 15.0 Å². The van der Waals surface area contributed by atoms with E-state index < -0.39 is 0 Å². The Morgan fingerprint density at radius 2 is 2.33 bits per heavy atom. The quantitative estimate of drug-likeness (QED) is 0.818. The average Bonchev–Trinajstić information content (AvgIpc) is 2.20. The summed E-state index contributed by atoms with van der Waals surface area (Å²) in [6, 6.07) is 0. The first-order valence-electron chi connectivity index (χ1n) is 4.48. The van der Waals surface area contributed by atoms with Crippen LogP contribution in [0.4, 0.5) is 5.82 Å². The van der Waals surface area contributed by atoms with Crippen LogP contribution in [-0.4, -0.2) is 29.2 Å². The highest BCUT2D eigenvalue weighted by Crippen LogP contribution is 2.12. The van der Waals surface area contributed by atoms with Gasteiger partial charge >= 0.3 is 0 Å². The molecule has 0 aliphatic carbocycles. The lowest BCUT2D eigenvalue weighted by atomic mass is 10.1. The summed E-state index contributed by atoms with van der Waals surface area (Å²) in [4.78, 5) is 17.8. The Kier molecular flexibility index (Phi) is 4.09. The van der Waals surface area contributed by atoms with E-state index >= 15 is 0 Å². The monoisotopic (exact) mass is 323 g/mol. The van der Waals surface area contributed by atoms with Crippen molar-refractivity contribution in [2.24, 2.45) is 0 Å². The Morgan fingerprint density at radius 1 is 1.67 bits per heavy atom. The van der Waals surface area contributed by atoms with Crippen LogP contribution in [0.3, 0.4) is 0 Å². The van der Waals surface area contributed by atoms with Crippen molar-refractivity contribution in [1.29, 1.82) is 0 Å². The van der Waals surface area contributed by atoms with Gasteiger partial charge in [-0.15, -0.1) is 0 Å². The predicted octanol–water partition coefficient (Wildman–Crippen LogP) is 1.21. The smallest absolute Gasteiger partial charge is 0.266 e. The van der Waals surface area contributed by atoms with E-state index in [1.807, 2.05) is 36.4 Å². The molecule has 5 nitrogen and oxygen atoms in total. The van der Waals surface area contributed by atoms with E-state index in [4.69, 9.17) is 4.74 Å². The first-order valence-corrected chi connectivity index (χ1v) is 5.56. The molecule has 1 rings (SSSR count). The van der Waals surface area contributed by atoms with Crippen molar-refractivity contribution in [1.82, 2.24) is 9.97 Å².